The third-order valence-corrected chi connectivity index (χ3v) is 5.30. The van der Waals surface area contributed by atoms with Crippen LogP contribution in [-0.4, -0.2) is 53.9 Å². The van der Waals surface area contributed by atoms with E-state index in [1.54, 1.807) is 12.1 Å². The number of carbonyl (C=O) groups is 2. The Labute approximate surface area is 182 Å². The minimum absolute atomic E-state index is 0.0966. The average Bonchev–Trinajstić information content (AvgIpc) is 3.03. The molecule has 1 aromatic heterocycles. The molecule has 1 heterocycles. The lowest BCUT2D eigenvalue weighted by molar-refractivity contribution is -0.137. The second-order valence-corrected chi connectivity index (χ2v) is 7.78. The number of rotatable bonds is 7. The number of aromatic hydroxyl groups is 1. The molecule has 0 aliphatic heterocycles. The minimum Gasteiger partial charge on any atom is -0.546 e. The lowest BCUT2D eigenvalue weighted by atomic mass is 10.1. The minimum atomic E-state index is -1.86. The number of carboxylic acids is 1. The van der Waals surface area contributed by atoms with Gasteiger partial charge in [0.2, 0.25) is 11.6 Å². The summed E-state index contributed by atoms with van der Waals surface area (Å²) < 4.78 is 20.4. The lowest BCUT2D eigenvalue weighted by Gasteiger charge is -2.16. The number of aliphatic carboxylic acids is 1. The average molecular weight is 494 g/mol. The van der Waals surface area contributed by atoms with Gasteiger partial charge in [-0.3, -0.25) is 9.59 Å². The van der Waals surface area contributed by atoms with Gasteiger partial charge in [0.25, 0.3) is 5.91 Å². The number of amides is 1. The quantitative estimate of drug-likeness (QED) is 0.286. The molecule has 10 nitrogen and oxygen atoms in total. The fourth-order valence-corrected chi connectivity index (χ4v) is 3.54. The number of nitrogens with zero attached hydrogens (tertiary/aromatic N) is 3. The van der Waals surface area contributed by atoms with Crippen molar-refractivity contribution < 1.29 is 24.4 Å². The fraction of sp³-hybridized carbons (Fsp3) is 0.111. The Morgan fingerprint density at radius 2 is 1.70 bits per heavy atom. The highest BCUT2D eigenvalue weighted by Crippen LogP contribution is 2.35. The number of carboxylic acid groups (broad SMARTS) is 1. The smallest absolute Gasteiger partial charge is 0.323 e. The van der Waals surface area contributed by atoms with Crippen LogP contribution in [0.5, 0.6) is 5.75 Å². The Hall–Kier alpha value is -3.22. The predicted molar refractivity (Wildman–Crippen MR) is 114 cm³/mol. The van der Waals surface area contributed by atoms with E-state index in [-0.39, 0.29) is 22.9 Å². The maximum absolute atomic E-state index is 12.4. The first-order chi connectivity index (χ1) is 14.3. The Bertz CT molecular complexity index is 1110. The normalized spacial score (nSPS) is 11.1. The van der Waals surface area contributed by atoms with Crippen LogP contribution in [-0.2, 0) is 4.79 Å². The van der Waals surface area contributed by atoms with Gasteiger partial charge in [0.1, 0.15) is 6.54 Å². The number of benzene rings is 2. The summed E-state index contributed by atoms with van der Waals surface area (Å²) in [5.41, 5.74) is 0.678. The van der Waals surface area contributed by atoms with E-state index in [0.717, 1.165) is 9.37 Å². The number of phenols is 1. The van der Waals surface area contributed by atoms with E-state index in [9.17, 15) is 19.2 Å². The zero-order valence-corrected chi connectivity index (χ0v) is 17.9. The highest BCUT2D eigenvalue weighted by molar-refractivity contribution is 9.10. The van der Waals surface area contributed by atoms with Crippen LogP contribution in [0, 0.1) is 0 Å². The van der Waals surface area contributed by atoms with Crippen molar-refractivity contribution in [2.45, 2.75) is 0 Å². The Kier molecular flexibility index (Phi) is 6.50. The summed E-state index contributed by atoms with van der Waals surface area (Å²) in [7, 11) is 1.31. The number of para-hydroxylation sites is 2. The number of likely N-dealkylation sites (N-methyl/N-ethyl adjacent to an activating group) is 1. The van der Waals surface area contributed by atoms with Crippen LogP contribution >= 0.6 is 27.1 Å². The van der Waals surface area contributed by atoms with Crippen molar-refractivity contribution in [2.75, 3.05) is 24.2 Å². The largest absolute Gasteiger partial charge is 0.546 e. The monoisotopic (exact) mass is 493 g/mol. The Morgan fingerprint density at radius 1 is 1.10 bits per heavy atom. The van der Waals surface area contributed by atoms with Gasteiger partial charge in [-0.1, -0.05) is 18.2 Å². The van der Waals surface area contributed by atoms with Crippen molar-refractivity contribution >= 4 is 62.0 Å². The van der Waals surface area contributed by atoms with Crippen molar-refractivity contribution in [1.82, 2.24) is 13.6 Å². The molecule has 0 aliphatic carbocycles. The number of aromatic nitrogens is 2. The molecule has 3 aromatic rings. The van der Waals surface area contributed by atoms with Crippen LogP contribution in [0.2, 0.25) is 0 Å². The van der Waals surface area contributed by atoms with Crippen molar-refractivity contribution in [3.63, 3.8) is 0 Å². The number of anilines is 4. The summed E-state index contributed by atoms with van der Waals surface area (Å²) in [6.45, 7) is -0.520. The molecule has 30 heavy (non-hydrogen) atoms. The van der Waals surface area contributed by atoms with Crippen molar-refractivity contribution in [1.29, 1.82) is 0 Å². The SMILES string of the molecule is CN(CC(=O)O)C(=O)c1cccc(Nc2n[s+]([O-])nc2Nc2ccccc2Br)c1O. The highest BCUT2D eigenvalue weighted by Gasteiger charge is 2.22. The molecule has 0 saturated carbocycles. The van der Waals surface area contributed by atoms with Crippen LogP contribution in [0.25, 0.3) is 0 Å². The van der Waals surface area contributed by atoms with Gasteiger partial charge in [0.15, 0.2) is 16.9 Å². The second-order valence-electron chi connectivity index (χ2n) is 6.10. The molecule has 3 rings (SSSR count). The zero-order valence-electron chi connectivity index (χ0n) is 15.5. The van der Waals surface area contributed by atoms with Crippen molar-refractivity contribution in [2.24, 2.45) is 0 Å². The lowest BCUT2D eigenvalue weighted by Crippen LogP contribution is -2.32. The molecule has 4 N–H and O–H groups in total. The number of nitrogens with one attached hydrogen (secondary N) is 2. The first-order valence-electron chi connectivity index (χ1n) is 8.44. The van der Waals surface area contributed by atoms with Gasteiger partial charge in [-0.2, -0.15) is 0 Å². The molecule has 2 aromatic carbocycles. The van der Waals surface area contributed by atoms with Gasteiger partial charge in [0.05, 0.1) is 16.9 Å². The van der Waals surface area contributed by atoms with E-state index in [1.807, 2.05) is 12.1 Å². The first kappa shape index (κ1) is 21.5. The maximum atomic E-state index is 12.4. The number of halogens is 1. The molecule has 0 radical (unpaired) electrons. The molecule has 12 heteroatoms. The van der Waals surface area contributed by atoms with E-state index in [2.05, 4.69) is 35.3 Å². The summed E-state index contributed by atoms with van der Waals surface area (Å²) in [6.07, 6.45) is 0. The van der Waals surface area contributed by atoms with E-state index >= 15 is 0 Å². The molecular weight excluding hydrogens is 478 g/mol. The van der Waals surface area contributed by atoms with Crippen LogP contribution < -0.4 is 10.6 Å². The number of hydrogen-bond donors (Lipinski definition) is 4. The van der Waals surface area contributed by atoms with Gasteiger partial charge in [0, 0.05) is 20.3 Å². The molecule has 0 saturated heterocycles. The maximum Gasteiger partial charge on any atom is 0.323 e. The van der Waals surface area contributed by atoms with Crippen LogP contribution in [0.15, 0.2) is 46.9 Å². The summed E-state index contributed by atoms with van der Waals surface area (Å²) in [5.74, 6) is -1.97. The summed E-state index contributed by atoms with van der Waals surface area (Å²) in [6, 6.07) is 11.6. The van der Waals surface area contributed by atoms with Gasteiger partial charge in [-0.15, -0.1) is 0 Å². The van der Waals surface area contributed by atoms with E-state index in [0.29, 0.717) is 5.69 Å². The van der Waals surface area contributed by atoms with Crippen LogP contribution in [0.1, 0.15) is 10.4 Å². The molecule has 0 aliphatic rings. The molecule has 1 unspecified atom stereocenters. The van der Waals surface area contributed by atoms with Gasteiger partial charge in [-0.05, 0) is 40.2 Å². The van der Waals surface area contributed by atoms with Crippen LogP contribution in [0.4, 0.5) is 23.0 Å². The molecule has 1 atom stereocenters. The highest BCUT2D eigenvalue weighted by atomic mass is 79.9. The molecule has 0 bridgehead atoms. The zero-order chi connectivity index (χ0) is 21.8. The molecular formula is C18H16BrN5O5S. The molecule has 1 amide bonds. The third kappa shape index (κ3) is 4.84. The summed E-state index contributed by atoms with van der Waals surface area (Å²) in [5, 5.41) is 25.2. The fourth-order valence-electron chi connectivity index (χ4n) is 2.54. The van der Waals surface area contributed by atoms with Gasteiger partial charge >= 0.3 is 5.97 Å². The Morgan fingerprint density at radius 3 is 2.33 bits per heavy atom. The van der Waals surface area contributed by atoms with Gasteiger partial charge < -0.3 is 30.3 Å². The summed E-state index contributed by atoms with van der Waals surface area (Å²) in [4.78, 5) is 24.2. The first-order valence-corrected chi connectivity index (χ1v) is 10.3. The second kappa shape index (κ2) is 9.07. The molecule has 0 fully saturated rings. The number of phenolic OH excluding ortho intramolecular Hbond substituents is 1. The van der Waals surface area contributed by atoms with E-state index < -0.39 is 35.3 Å². The van der Waals surface area contributed by atoms with Crippen molar-refractivity contribution in [3.05, 3.63) is 52.5 Å². The predicted octanol–water partition coefficient (Wildman–Crippen LogP) is 3.32. The number of carbonyl (C=O) groups excluding carboxylic acids is 1. The summed E-state index contributed by atoms with van der Waals surface area (Å²) >= 11 is 1.54. The molecule has 0 spiro atoms. The molecule has 156 valence electrons. The standard InChI is InChI=1S/C18H16BrN5O5S/c1-24(9-14(25)26)18(28)10-5-4-8-13(15(10)27)21-17-16(22-30(29)23-17)20-12-7-3-2-6-11(12)19/h2-8,27H,9H2,1H3,(H,20,22)(H,21,23)(H,25,26). The van der Waals surface area contributed by atoms with E-state index in [1.165, 1.54) is 25.2 Å². The number of hydrogen-bond acceptors (Lipinski definition) is 8. The Balaban J connectivity index is 1.88. The van der Waals surface area contributed by atoms with E-state index in [4.69, 9.17) is 5.11 Å². The van der Waals surface area contributed by atoms with Gasteiger partial charge in [-0.25, -0.2) is 0 Å². The van der Waals surface area contributed by atoms with Crippen molar-refractivity contribution in [3.8, 4) is 5.75 Å². The topological polar surface area (TPSA) is 151 Å². The third-order valence-electron chi connectivity index (χ3n) is 3.93. The van der Waals surface area contributed by atoms with Crippen LogP contribution in [0.3, 0.4) is 0 Å².